The molecule has 0 aliphatic heterocycles. The zero-order chi connectivity index (χ0) is 13.8. The second-order valence-corrected chi connectivity index (χ2v) is 4.05. The maximum Gasteiger partial charge on any atom is 0.259 e. The van der Waals surface area contributed by atoms with Gasteiger partial charge in [-0.2, -0.15) is 0 Å². The van der Waals surface area contributed by atoms with Crippen LogP contribution in [0.5, 0.6) is 11.5 Å². The third-order valence-electron chi connectivity index (χ3n) is 2.65. The van der Waals surface area contributed by atoms with E-state index in [1.54, 1.807) is 24.3 Å². The van der Waals surface area contributed by atoms with Crippen molar-refractivity contribution < 1.29 is 14.6 Å². The van der Waals surface area contributed by atoms with Crippen molar-refractivity contribution in [1.29, 1.82) is 0 Å². The van der Waals surface area contributed by atoms with Crippen LogP contribution in [0.1, 0.15) is 15.9 Å². The number of phenols is 1. The SMILES string of the molecule is COc1cnccc1C(=O)Nc1ccc(C)cc1O. The van der Waals surface area contributed by atoms with E-state index in [2.05, 4.69) is 10.3 Å². The molecule has 0 fully saturated rings. The van der Waals surface area contributed by atoms with Crippen LogP contribution in [-0.2, 0) is 0 Å². The Morgan fingerprint density at radius 2 is 2.16 bits per heavy atom. The Kier molecular flexibility index (Phi) is 3.66. The Morgan fingerprint density at radius 3 is 2.84 bits per heavy atom. The van der Waals surface area contributed by atoms with Crippen molar-refractivity contribution in [2.24, 2.45) is 0 Å². The van der Waals surface area contributed by atoms with Crippen LogP contribution in [0.2, 0.25) is 0 Å². The van der Waals surface area contributed by atoms with E-state index in [-0.39, 0.29) is 11.7 Å². The quantitative estimate of drug-likeness (QED) is 0.829. The number of nitrogens with one attached hydrogen (secondary N) is 1. The summed E-state index contributed by atoms with van der Waals surface area (Å²) in [5.41, 5.74) is 1.63. The summed E-state index contributed by atoms with van der Waals surface area (Å²) in [5, 5.41) is 12.4. The molecule has 5 nitrogen and oxygen atoms in total. The summed E-state index contributed by atoms with van der Waals surface area (Å²) in [4.78, 5) is 16.0. The highest BCUT2D eigenvalue weighted by Gasteiger charge is 2.13. The van der Waals surface area contributed by atoms with Crippen LogP contribution < -0.4 is 10.1 Å². The highest BCUT2D eigenvalue weighted by atomic mass is 16.5. The Bertz CT molecular complexity index is 611. The lowest BCUT2D eigenvalue weighted by Gasteiger charge is -2.10. The van der Waals surface area contributed by atoms with Gasteiger partial charge < -0.3 is 15.2 Å². The molecule has 19 heavy (non-hydrogen) atoms. The van der Waals surface area contributed by atoms with Gasteiger partial charge in [0.15, 0.2) is 0 Å². The summed E-state index contributed by atoms with van der Waals surface area (Å²) < 4.78 is 5.07. The van der Waals surface area contributed by atoms with Crippen LogP contribution >= 0.6 is 0 Å². The van der Waals surface area contributed by atoms with Gasteiger partial charge in [0, 0.05) is 6.20 Å². The molecule has 0 spiro atoms. The lowest BCUT2D eigenvalue weighted by atomic mass is 10.2. The molecule has 0 aliphatic carbocycles. The van der Waals surface area contributed by atoms with Crippen molar-refractivity contribution in [3.8, 4) is 11.5 Å². The number of hydrogen-bond donors (Lipinski definition) is 2. The first-order chi connectivity index (χ1) is 9.11. The van der Waals surface area contributed by atoms with Crippen molar-refractivity contribution in [2.45, 2.75) is 6.92 Å². The molecule has 1 amide bonds. The fourth-order valence-corrected chi connectivity index (χ4v) is 1.67. The first-order valence-corrected chi connectivity index (χ1v) is 5.71. The normalized spacial score (nSPS) is 10.0. The summed E-state index contributed by atoms with van der Waals surface area (Å²) in [7, 11) is 1.47. The van der Waals surface area contributed by atoms with Crippen molar-refractivity contribution in [2.75, 3.05) is 12.4 Å². The van der Waals surface area contributed by atoms with Crippen molar-refractivity contribution in [3.63, 3.8) is 0 Å². The lowest BCUT2D eigenvalue weighted by molar-refractivity contribution is 0.102. The molecule has 0 saturated carbocycles. The minimum Gasteiger partial charge on any atom is -0.506 e. The molecular weight excluding hydrogens is 244 g/mol. The number of amides is 1. The molecular formula is C14H14N2O3. The number of nitrogens with zero attached hydrogens (tertiary/aromatic N) is 1. The molecule has 0 bridgehead atoms. The maximum absolute atomic E-state index is 12.1. The Hall–Kier alpha value is -2.56. The molecule has 0 aliphatic rings. The van der Waals surface area contributed by atoms with Gasteiger partial charge in [0.25, 0.3) is 5.91 Å². The van der Waals surface area contributed by atoms with Gasteiger partial charge in [0.1, 0.15) is 11.5 Å². The molecule has 0 unspecified atom stereocenters. The van der Waals surface area contributed by atoms with E-state index in [4.69, 9.17) is 4.74 Å². The van der Waals surface area contributed by atoms with E-state index in [1.807, 2.05) is 6.92 Å². The minimum absolute atomic E-state index is 0.0290. The molecule has 2 rings (SSSR count). The van der Waals surface area contributed by atoms with Gasteiger partial charge >= 0.3 is 0 Å². The average Bonchev–Trinajstić information content (AvgIpc) is 2.41. The molecule has 0 radical (unpaired) electrons. The van der Waals surface area contributed by atoms with Gasteiger partial charge in [-0.3, -0.25) is 9.78 Å². The fraction of sp³-hybridized carbons (Fsp3) is 0.143. The predicted octanol–water partition coefficient (Wildman–Crippen LogP) is 2.36. The molecule has 2 N–H and O–H groups in total. The number of methoxy groups -OCH3 is 1. The summed E-state index contributed by atoms with van der Waals surface area (Å²) in [6.07, 6.45) is 2.97. The molecule has 0 atom stereocenters. The molecule has 2 aromatic rings. The van der Waals surface area contributed by atoms with Crippen LogP contribution in [0.3, 0.4) is 0 Å². The fourth-order valence-electron chi connectivity index (χ4n) is 1.67. The molecule has 5 heteroatoms. The number of carbonyl (C=O) groups is 1. The van der Waals surface area contributed by atoms with Gasteiger partial charge in [0.05, 0.1) is 24.6 Å². The topological polar surface area (TPSA) is 71.5 Å². The van der Waals surface area contributed by atoms with Gasteiger partial charge in [-0.1, -0.05) is 6.07 Å². The van der Waals surface area contributed by atoms with Crippen molar-refractivity contribution in [3.05, 3.63) is 47.8 Å². The summed E-state index contributed by atoms with van der Waals surface area (Å²) >= 11 is 0. The second-order valence-electron chi connectivity index (χ2n) is 4.05. The zero-order valence-corrected chi connectivity index (χ0v) is 10.7. The summed E-state index contributed by atoms with van der Waals surface area (Å²) in [6.45, 7) is 1.86. The Balaban J connectivity index is 2.26. The zero-order valence-electron chi connectivity index (χ0n) is 10.7. The monoisotopic (exact) mass is 258 g/mol. The van der Waals surface area contributed by atoms with E-state index in [1.165, 1.54) is 19.5 Å². The first-order valence-electron chi connectivity index (χ1n) is 5.71. The summed E-state index contributed by atoms with van der Waals surface area (Å²) in [5.74, 6) is 0.0476. The number of carbonyl (C=O) groups excluding carboxylic acids is 1. The van der Waals surface area contributed by atoms with E-state index in [0.717, 1.165) is 5.56 Å². The van der Waals surface area contributed by atoms with Crippen LogP contribution in [0, 0.1) is 6.92 Å². The molecule has 1 heterocycles. The van der Waals surface area contributed by atoms with E-state index < -0.39 is 0 Å². The number of aryl methyl sites for hydroxylation is 1. The van der Waals surface area contributed by atoms with Crippen LogP contribution in [0.15, 0.2) is 36.7 Å². The number of hydrogen-bond acceptors (Lipinski definition) is 4. The van der Waals surface area contributed by atoms with Crippen molar-refractivity contribution in [1.82, 2.24) is 4.98 Å². The van der Waals surface area contributed by atoms with Crippen molar-refractivity contribution >= 4 is 11.6 Å². The maximum atomic E-state index is 12.1. The standard InChI is InChI=1S/C14H14N2O3/c1-9-3-4-11(12(17)7-9)16-14(18)10-5-6-15-8-13(10)19-2/h3-8,17H,1-2H3,(H,16,18). The Labute approximate surface area is 110 Å². The highest BCUT2D eigenvalue weighted by Crippen LogP contribution is 2.25. The largest absolute Gasteiger partial charge is 0.506 e. The van der Waals surface area contributed by atoms with Crippen LogP contribution in [0.4, 0.5) is 5.69 Å². The van der Waals surface area contributed by atoms with Crippen LogP contribution in [-0.4, -0.2) is 23.1 Å². The van der Waals surface area contributed by atoms with E-state index in [0.29, 0.717) is 17.0 Å². The predicted molar refractivity (Wildman–Crippen MR) is 71.6 cm³/mol. The number of anilines is 1. The molecule has 1 aromatic carbocycles. The first kappa shape index (κ1) is 12.9. The minimum atomic E-state index is -0.363. The lowest BCUT2D eigenvalue weighted by Crippen LogP contribution is -2.13. The number of ether oxygens (including phenoxy) is 1. The number of pyridine rings is 1. The average molecular weight is 258 g/mol. The second kappa shape index (κ2) is 5.39. The highest BCUT2D eigenvalue weighted by molar-refractivity contribution is 6.06. The van der Waals surface area contributed by atoms with E-state index in [9.17, 15) is 9.90 Å². The van der Waals surface area contributed by atoms with Gasteiger partial charge in [-0.05, 0) is 30.7 Å². The van der Waals surface area contributed by atoms with Gasteiger partial charge in [-0.15, -0.1) is 0 Å². The Morgan fingerprint density at radius 1 is 1.37 bits per heavy atom. The molecule has 1 aromatic heterocycles. The van der Waals surface area contributed by atoms with Gasteiger partial charge in [0.2, 0.25) is 0 Å². The number of phenolic OH excluding ortho intramolecular Hbond substituents is 1. The van der Waals surface area contributed by atoms with E-state index >= 15 is 0 Å². The third-order valence-corrected chi connectivity index (χ3v) is 2.65. The number of aromatic hydroxyl groups is 1. The third kappa shape index (κ3) is 2.82. The molecule has 98 valence electrons. The van der Waals surface area contributed by atoms with Crippen LogP contribution in [0.25, 0.3) is 0 Å². The van der Waals surface area contributed by atoms with Gasteiger partial charge in [-0.25, -0.2) is 0 Å². The number of aromatic nitrogens is 1. The number of rotatable bonds is 3. The smallest absolute Gasteiger partial charge is 0.259 e. The molecule has 0 saturated heterocycles. The number of benzene rings is 1. The summed E-state index contributed by atoms with van der Waals surface area (Å²) in [6, 6.07) is 6.59.